The molecule has 2 aromatic rings. The minimum Gasteiger partial charge on any atom is -0.497 e. The van der Waals surface area contributed by atoms with Gasteiger partial charge in [0.05, 0.1) is 28.4 Å². The van der Waals surface area contributed by atoms with Crippen molar-refractivity contribution in [1.82, 2.24) is 0 Å². The van der Waals surface area contributed by atoms with Gasteiger partial charge >= 0.3 is 0 Å². The zero-order valence-corrected chi connectivity index (χ0v) is 16.0. The van der Waals surface area contributed by atoms with Crippen LogP contribution in [0.5, 0.6) is 23.0 Å². The van der Waals surface area contributed by atoms with E-state index in [0.717, 1.165) is 0 Å². The predicted molar refractivity (Wildman–Crippen MR) is 99.1 cm³/mol. The molecule has 0 heterocycles. The topological polar surface area (TPSA) is 57.2 Å². The zero-order chi connectivity index (χ0) is 19.0. The number of hydrogen-bond donors (Lipinski definition) is 1. The van der Waals surface area contributed by atoms with Crippen LogP contribution in [0.1, 0.15) is 31.9 Å². The summed E-state index contributed by atoms with van der Waals surface area (Å²) in [4.78, 5) is 0. The number of rotatable bonds is 6. The molecule has 0 aromatic heterocycles. The van der Waals surface area contributed by atoms with Crippen LogP contribution in [0.2, 0.25) is 0 Å². The number of hydrogen-bond acceptors (Lipinski definition) is 5. The molecule has 0 radical (unpaired) electrons. The standard InChI is InChI=1S/C18H22O5.C2H6/c1-18(19,12-6-9-15(21-3)17(10-12)23-5)14-8-7-13(20-2)11-16(14)22-4;1-2/h6-11,19H,1-5H3;1-2H3. The molecule has 0 spiro atoms. The summed E-state index contributed by atoms with van der Waals surface area (Å²) in [5.74, 6) is 2.37. The summed E-state index contributed by atoms with van der Waals surface area (Å²) in [6.45, 7) is 5.71. The molecule has 2 rings (SSSR count). The Morgan fingerprint density at radius 1 is 0.720 bits per heavy atom. The van der Waals surface area contributed by atoms with Gasteiger partial charge in [0.25, 0.3) is 0 Å². The molecule has 1 unspecified atom stereocenters. The average Bonchev–Trinajstić information content (AvgIpc) is 2.68. The highest BCUT2D eigenvalue weighted by Gasteiger charge is 2.30. The van der Waals surface area contributed by atoms with E-state index in [9.17, 15) is 5.11 Å². The average molecular weight is 348 g/mol. The quantitative estimate of drug-likeness (QED) is 0.855. The molecule has 1 N–H and O–H groups in total. The Bertz CT molecular complexity index is 680. The maximum atomic E-state index is 11.1. The second kappa shape index (κ2) is 9.18. The molecule has 25 heavy (non-hydrogen) atoms. The van der Waals surface area contributed by atoms with Crippen molar-refractivity contribution in [3.63, 3.8) is 0 Å². The van der Waals surface area contributed by atoms with Gasteiger partial charge in [-0.25, -0.2) is 0 Å². The van der Waals surface area contributed by atoms with Crippen molar-refractivity contribution in [3.05, 3.63) is 47.5 Å². The molecule has 5 heteroatoms. The number of aliphatic hydroxyl groups is 1. The lowest BCUT2D eigenvalue weighted by Crippen LogP contribution is -2.23. The molecule has 0 aliphatic heterocycles. The first-order valence-electron chi connectivity index (χ1n) is 8.15. The first kappa shape index (κ1) is 20.6. The van der Waals surface area contributed by atoms with Gasteiger partial charge in [0, 0.05) is 11.6 Å². The Balaban J connectivity index is 0.00000151. The van der Waals surface area contributed by atoms with Crippen LogP contribution in [0.25, 0.3) is 0 Å². The summed E-state index contributed by atoms with van der Waals surface area (Å²) >= 11 is 0. The third-order valence-corrected chi connectivity index (χ3v) is 3.88. The Morgan fingerprint density at radius 3 is 1.84 bits per heavy atom. The number of methoxy groups -OCH3 is 4. The van der Waals surface area contributed by atoms with E-state index in [2.05, 4.69) is 0 Å². The number of ether oxygens (including phenoxy) is 4. The van der Waals surface area contributed by atoms with Crippen molar-refractivity contribution >= 4 is 0 Å². The molecule has 0 bridgehead atoms. The Labute approximate surface area is 150 Å². The summed E-state index contributed by atoms with van der Waals surface area (Å²) in [6.07, 6.45) is 0. The van der Waals surface area contributed by atoms with E-state index >= 15 is 0 Å². The van der Waals surface area contributed by atoms with Crippen LogP contribution < -0.4 is 18.9 Å². The van der Waals surface area contributed by atoms with Crippen molar-refractivity contribution in [2.75, 3.05) is 28.4 Å². The summed E-state index contributed by atoms with van der Waals surface area (Å²) < 4.78 is 21.2. The molecule has 138 valence electrons. The van der Waals surface area contributed by atoms with Gasteiger partial charge in [-0.15, -0.1) is 0 Å². The monoisotopic (exact) mass is 348 g/mol. The Hall–Kier alpha value is -2.40. The summed E-state index contributed by atoms with van der Waals surface area (Å²) in [6, 6.07) is 10.6. The highest BCUT2D eigenvalue weighted by atomic mass is 16.5. The summed E-state index contributed by atoms with van der Waals surface area (Å²) in [5, 5.41) is 11.1. The molecule has 0 aliphatic rings. The van der Waals surface area contributed by atoms with Crippen molar-refractivity contribution in [2.24, 2.45) is 0 Å². The fraction of sp³-hybridized carbons (Fsp3) is 0.400. The second-order valence-electron chi connectivity index (χ2n) is 5.21. The molecule has 0 saturated heterocycles. The van der Waals surface area contributed by atoms with E-state index < -0.39 is 5.60 Å². The van der Waals surface area contributed by atoms with Crippen molar-refractivity contribution in [3.8, 4) is 23.0 Å². The summed E-state index contributed by atoms with van der Waals surface area (Å²) in [7, 11) is 6.27. The molecular formula is C20H28O5. The van der Waals surface area contributed by atoms with Gasteiger partial charge in [-0.1, -0.05) is 19.9 Å². The van der Waals surface area contributed by atoms with Crippen LogP contribution in [0, 0.1) is 0 Å². The zero-order valence-electron chi connectivity index (χ0n) is 16.0. The minimum absolute atomic E-state index is 0.545. The maximum absolute atomic E-state index is 11.1. The molecule has 0 amide bonds. The molecule has 1 atom stereocenters. The fourth-order valence-corrected chi connectivity index (χ4v) is 2.50. The second-order valence-corrected chi connectivity index (χ2v) is 5.21. The SMILES string of the molecule is CC.COc1ccc(C(C)(O)c2ccc(OC)c(OC)c2)c(OC)c1. The minimum atomic E-state index is -1.27. The molecule has 5 nitrogen and oxygen atoms in total. The van der Waals surface area contributed by atoms with Crippen molar-refractivity contribution in [1.29, 1.82) is 0 Å². The highest BCUT2D eigenvalue weighted by Crippen LogP contribution is 2.40. The number of benzene rings is 2. The van der Waals surface area contributed by atoms with Crippen LogP contribution in [0.4, 0.5) is 0 Å². The van der Waals surface area contributed by atoms with Crippen molar-refractivity contribution < 1.29 is 24.1 Å². The smallest absolute Gasteiger partial charge is 0.161 e. The Morgan fingerprint density at radius 2 is 1.32 bits per heavy atom. The lowest BCUT2D eigenvalue weighted by Gasteiger charge is -2.27. The molecular weight excluding hydrogens is 320 g/mol. The highest BCUT2D eigenvalue weighted by molar-refractivity contribution is 5.51. The van der Waals surface area contributed by atoms with E-state index in [1.807, 2.05) is 13.8 Å². The largest absolute Gasteiger partial charge is 0.497 e. The van der Waals surface area contributed by atoms with Crippen LogP contribution >= 0.6 is 0 Å². The lowest BCUT2D eigenvalue weighted by molar-refractivity contribution is 0.0985. The Kier molecular flexibility index (Phi) is 7.58. The normalized spacial score (nSPS) is 12.3. The molecule has 0 aliphatic carbocycles. The van der Waals surface area contributed by atoms with Gasteiger partial charge in [0.2, 0.25) is 0 Å². The van der Waals surface area contributed by atoms with Crippen LogP contribution in [-0.4, -0.2) is 33.5 Å². The van der Waals surface area contributed by atoms with Gasteiger partial charge in [-0.3, -0.25) is 0 Å². The third kappa shape index (κ3) is 4.37. The molecule has 2 aromatic carbocycles. The predicted octanol–water partition coefficient (Wildman–Crippen LogP) is 4.00. The van der Waals surface area contributed by atoms with Gasteiger partial charge in [-0.2, -0.15) is 0 Å². The van der Waals surface area contributed by atoms with Crippen LogP contribution in [-0.2, 0) is 5.60 Å². The van der Waals surface area contributed by atoms with Crippen LogP contribution in [0.3, 0.4) is 0 Å². The first-order chi connectivity index (χ1) is 12.0. The first-order valence-corrected chi connectivity index (χ1v) is 8.15. The molecule has 0 saturated carbocycles. The van der Waals surface area contributed by atoms with E-state index in [1.165, 1.54) is 0 Å². The third-order valence-electron chi connectivity index (χ3n) is 3.88. The van der Waals surface area contributed by atoms with E-state index in [0.29, 0.717) is 34.1 Å². The summed E-state index contributed by atoms with van der Waals surface area (Å²) in [5.41, 5.74) is 0.0311. The van der Waals surface area contributed by atoms with Crippen molar-refractivity contribution in [2.45, 2.75) is 26.4 Å². The van der Waals surface area contributed by atoms with E-state index in [1.54, 1.807) is 71.8 Å². The van der Waals surface area contributed by atoms with E-state index in [4.69, 9.17) is 18.9 Å². The van der Waals surface area contributed by atoms with Gasteiger partial charge in [0.1, 0.15) is 17.1 Å². The lowest BCUT2D eigenvalue weighted by atomic mass is 9.87. The fourth-order valence-electron chi connectivity index (χ4n) is 2.50. The maximum Gasteiger partial charge on any atom is 0.161 e. The molecule has 0 fully saturated rings. The van der Waals surface area contributed by atoms with Crippen LogP contribution in [0.15, 0.2) is 36.4 Å². The van der Waals surface area contributed by atoms with Gasteiger partial charge in [0.15, 0.2) is 11.5 Å². The van der Waals surface area contributed by atoms with E-state index in [-0.39, 0.29) is 0 Å². The van der Waals surface area contributed by atoms with Gasteiger partial charge < -0.3 is 24.1 Å². The van der Waals surface area contributed by atoms with Gasteiger partial charge in [-0.05, 0) is 36.8 Å².